The summed E-state index contributed by atoms with van der Waals surface area (Å²) in [5.41, 5.74) is 2.89. The molecule has 1 heterocycles. The van der Waals surface area contributed by atoms with Gasteiger partial charge in [-0.3, -0.25) is 0 Å². The Hall–Kier alpha value is -2.25. The molecule has 1 aliphatic rings. The molecular formula is C22H26N2O3S2. The first-order chi connectivity index (χ1) is 14.0. The molecule has 0 radical (unpaired) electrons. The summed E-state index contributed by atoms with van der Waals surface area (Å²) in [7, 11) is -4.55. The van der Waals surface area contributed by atoms with E-state index in [1.165, 1.54) is 0 Å². The molecule has 0 aromatic heterocycles. The van der Waals surface area contributed by atoms with E-state index in [-0.39, 0.29) is 10.8 Å². The van der Waals surface area contributed by atoms with Crippen molar-refractivity contribution in [3.8, 4) is 0 Å². The molecule has 0 spiro atoms. The van der Waals surface area contributed by atoms with Crippen LogP contribution in [0.2, 0.25) is 0 Å². The van der Waals surface area contributed by atoms with Gasteiger partial charge in [0.05, 0.1) is 5.70 Å². The Morgan fingerprint density at radius 1 is 1.00 bits per heavy atom. The molecule has 5 nitrogen and oxygen atoms in total. The quantitative estimate of drug-likeness (QED) is 0.430. The molecule has 0 fully saturated rings. The topological polar surface area (TPSA) is 68.1 Å². The molecule has 154 valence electrons. The molecule has 0 bridgehead atoms. The van der Waals surface area contributed by atoms with Gasteiger partial charge in [0.1, 0.15) is 4.90 Å². The van der Waals surface area contributed by atoms with Crippen LogP contribution in [0.4, 0.5) is 0 Å². The number of allylic oxidation sites excluding steroid dienone is 1. The number of hydrogen-bond donors (Lipinski definition) is 0. The van der Waals surface area contributed by atoms with Gasteiger partial charge in [-0.1, -0.05) is 67.8 Å². The first-order valence-corrected chi connectivity index (χ1v) is 12.4. The van der Waals surface area contributed by atoms with E-state index in [0.717, 1.165) is 41.8 Å². The molecule has 7 heteroatoms. The van der Waals surface area contributed by atoms with Crippen LogP contribution >= 0.6 is 0 Å². The van der Waals surface area contributed by atoms with Crippen LogP contribution in [0.15, 0.2) is 80.0 Å². The lowest BCUT2D eigenvalue weighted by Crippen LogP contribution is -2.16. The summed E-state index contributed by atoms with van der Waals surface area (Å²) in [4.78, 5) is 0.122. The van der Waals surface area contributed by atoms with Gasteiger partial charge < -0.3 is 4.18 Å². The number of nitrogens with zero attached hydrogens (tertiary/aromatic N) is 2. The second kappa shape index (κ2) is 9.98. The monoisotopic (exact) mass is 430 g/mol. The zero-order chi connectivity index (χ0) is 20.7. The van der Waals surface area contributed by atoms with Crippen LogP contribution in [0.25, 0.3) is 0 Å². The summed E-state index contributed by atoms with van der Waals surface area (Å²) >= 11 is 0. The van der Waals surface area contributed by atoms with E-state index in [4.69, 9.17) is 8.55 Å². The van der Waals surface area contributed by atoms with E-state index in [1.54, 1.807) is 30.3 Å². The van der Waals surface area contributed by atoms with Crippen LogP contribution in [0.1, 0.15) is 37.3 Å². The Morgan fingerprint density at radius 2 is 1.72 bits per heavy atom. The minimum atomic E-state index is -3.93. The van der Waals surface area contributed by atoms with Crippen molar-refractivity contribution < 1.29 is 12.6 Å². The van der Waals surface area contributed by atoms with Gasteiger partial charge in [0.25, 0.3) is 0 Å². The number of rotatable bonds is 8. The van der Waals surface area contributed by atoms with Crippen molar-refractivity contribution in [2.75, 3.05) is 5.75 Å². The molecule has 0 aliphatic carbocycles. The Labute approximate surface area is 175 Å². The molecule has 0 saturated heterocycles. The van der Waals surface area contributed by atoms with Crippen LogP contribution in [0.3, 0.4) is 0 Å². The third-order valence-corrected chi connectivity index (χ3v) is 7.10. The lowest BCUT2D eigenvalue weighted by atomic mass is 10.1. The molecule has 1 unspecified atom stereocenters. The van der Waals surface area contributed by atoms with E-state index in [2.05, 4.69) is 11.3 Å². The minimum absolute atomic E-state index is 0.117. The van der Waals surface area contributed by atoms with Crippen molar-refractivity contribution in [1.82, 2.24) is 0 Å². The minimum Gasteiger partial charge on any atom is -0.357 e. The molecule has 1 atom stereocenters. The SMILES string of the molecule is CCCCCS1=NC(Cc2ccccc2)=CC(OS(=O)(=O)c2ccc(C)cc2)=N1. The molecule has 29 heavy (non-hydrogen) atoms. The molecule has 2 aromatic rings. The van der Waals surface area contributed by atoms with Gasteiger partial charge in [-0.05, 0) is 31.0 Å². The van der Waals surface area contributed by atoms with Crippen molar-refractivity contribution in [1.29, 1.82) is 0 Å². The Morgan fingerprint density at radius 3 is 2.41 bits per heavy atom. The zero-order valence-corrected chi connectivity index (χ0v) is 18.4. The van der Waals surface area contributed by atoms with Gasteiger partial charge in [-0.15, -0.1) is 0 Å². The number of hydrogen-bond acceptors (Lipinski definition) is 5. The molecule has 3 rings (SSSR count). The van der Waals surface area contributed by atoms with E-state index in [0.29, 0.717) is 6.42 Å². The average Bonchev–Trinajstić information content (AvgIpc) is 2.69. The maximum absolute atomic E-state index is 12.7. The highest BCUT2D eigenvalue weighted by atomic mass is 32.2. The number of aryl methyl sites for hydroxylation is 1. The summed E-state index contributed by atoms with van der Waals surface area (Å²) < 4.78 is 40.0. The largest absolute Gasteiger partial charge is 0.357 e. The molecule has 0 amide bonds. The van der Waals surface area contributed by atoms with Gasteiger partial charge in [-0.2, -0.15) is 12.8 Å². The highest BCUT2D eigenvalue weighted by Crippen LogP contribution is 2.20. The van der Waals surface area contributed by atoms with Crippen molar-refractivity contribution in [3.05, 3.63) is 77.5 Å². The van der Waals surface area contributed by atoms with Crippen LogP contribution in [0.5, 0.6) is 0 Å². The third kappa shape index (κ3) is 6.37. The van der Waals surface area contributed by atoms with Crippen molar-refractivity contribution in [3.63, 3.8) is 0 Å². The fourth-order valence-corrected chi connectivity index (χ4v) is 5.11. The second-order valence-electron chi connectivity index (χ2n) is 6.92. The average molecular weight is 431 g/mol. The fraction of sp³-hybridized carbons (Fsp3) is 0.318. The highest BCUT2D eigenvalue weighted by molar-refractivity contribution is 7.87. The summed E-state index contributed by atoms with van der Waals surface area (Å²) in [6.45, 7) is 4.05. The second-order valence-corrected chi connectivity index (χ2v) is 9.92. The van der Waals surface area contributed by atoms with E-state index < -0.39 is 21.0 Å². The lowest BCUT2D eigenvalue weighted by Gasteiger charge is -2.14. The van der Waals surface area contributed by atoms with E-state index >= 15 is 0 Å². The van der Waals surface area contributed by atoms with Crippen molar-refractivity contribution >= 4 is 26.9 Å². The third-order valence-electron chi connectivity index (χ3n) is 4.37. The first-order valence-electron chi connectivity index (χ1n) is 9.73. The zero-order valence-electron chi connectivity index (χ0n) is 16.7. The smallest absolute Gasteiger partial charge is 0.340 e. The lowest BCUT2D eigenvalue weighted by molar-refractivity contribution is 0.484. The number of unbranched alkanes of at least 4 members (excludes halogenated alkanes) is 2. The summed E-state index contributed by atoms with van der Waals surface area (Å²) in [6, 6.07) is 16.6. The Balaban J connectivity index is 1.84. The predicted molar refractivity (Wildman–Crippen MR) is 119 cm³/mol. The van der Waals surface area contributed by atoms with Crippen LogP contribution in [0, 0.1) is 6.92 Å². The molecule has 0 saturated carbocycles. The predicted octanol–water partition coefficient (Wildman–Crippen LogP) is 5.15. The molecule has 1 aliphatic heterocycles. The van der Waals surface area contributed by atoms with Crippen LogP contribution in [-0.4, -0.2) is 20.1 Å². The molecule has 2 aromatic carbocycles. The molecule has 0 N–H and O–H groups in total. The maximum atomic E-state index is 12.7. The van der Waals surface area contributed by atoms with Gasteiger partial charge >= 0.3 is 10.1 Å². The van der Waals surface area contributed by atoms with E-state index in [9.17, 15) is 8.42 Å². The maximum Gasteiger partial charge on any atom is 0.340 e. The van der Waals surface area contributed by atoms with Crippen LogP contribution < -0.4 is 0 Å². The summed E-state index contributed by atoms with van der Waals surface area (Å²) in [5.74, 6) is 0.920. The van der Waals surface area contributed by atoms with Gasteiger partial charge in [-0.25, -0.2) is 4.36 Å². The standard InChI is InChI=1S/C22H26N2O3S2/c1-3-4-8-15-28-23-20(16-19-9-6-5-7-10-19)17-22(24-28)27-29(25,26)21-13-11-18(2)12-14-21/h5-7,9-14,17H,3-4,8,15-16H2,1-2H3. The normalized spacial score (nSPS) is 16.6. The summed E-state index contributed by atoms with van der Waals surface area (Å²) in [6.07, 6.45) is 5.47. The van der Waals surface area contributed by atoms with Crippen molar-refractivity contribution in [2.24, 2.45) is 8.76 Å². The first kappa shape index (κ1) is 21.5. The Kier molecular flexibility index (Phi) is 7.39. The van der Waals surface area contributed by atoms with Crippen molar-refractivity contribution in [2.45, 2.75) is 44.4 Å². The summed E-state index contributed by atoms with van der Waals surface area (Å²) in [5, 5.41) is 0. The Bertz CT molecular complexity index is 1030. The van der Waals surface area contributed by atoms with E-state index in [1.807, 2.05) is 37.3 Å². The van der Waals surface area contributed by atoms with Crippen LogP contribution in [-0.2, 0) is 31.6 Å². The highest BCUT2D eigenvalue weighted by Gasteiger charge is 2.20. The van der Waals surface area contributed by atoms with Gasteiger partial charge in [0.15, 0.2) is 0 Å². The fourth-order valence-electron chi connectivity index (χ4n) is 2.82. The van der Waals surface area contributed by atoms with Gasteiger partial charge in [0, 0.05) is 29.1 Å². The van der Waals surface area contributed by atoms with Gasteiger partial charge in [0.2, 0.25) is 5.90 Å². The molecular weight excluding hydrogens is 404 g/mol. The number of benzene rings is 2.